The fourth-order valence-electron chi connectivity index (χ4n) is 1.66. The lowest BCUT2D eigenvalue weighted by molar-refractivity contribution is 0.0690. The molecular formula is C12H14N4O2. The maximum Gasteiger partial charge on any atom is 0.354 e. The van der Waals surface area contributed by atoms with Gasteiger partial charge in [0.2, 0.25) is 0 Å². The molecule has 0 fully saturated rings. The molecule has 6 heteroatoms. The molecule has 2 aromatic heterocycles. The van der Waals surface area contributed by atoms with Crippen LogP contribution < -0.4 is 5.32 Å². The van der Waals surface area contributed by atoms with Gasteiger partial charge in [-0.1, -0.05) is 0 Å². The van der Waals surface area contributed by atoms with Gasteiger partial charge < -0.3 is 10.4 Å². The van der Waals surface area contributed by atoms with Crippen LogP contribution in [0.4, 0.5) is 5.69 Å². The third-order valence-electron chi connectivity index (χ3n) is 2.41. The van der Waals surface area contributed by atoms with E-state index in [-0.39, 0.29) is 11.7 Å². The van der Waals surface area contributed by atoms with Gasteiger partial charge in [0.1, 0.15) is 5.69 Å². The van der Waals surface area contributed by atoms with E-state index < -0.39 is 5.97 Å². The first-order valence-corrected chi connectivity index (χ1v) is 5.58. The molecule has 0 aliphatic carbocycles. The molecule has 1 unspecified atom stereocenters. The van der Waals surface area contributed by atoms with Crippen LogP contribution in [0.5, 0.6) is 0 Å². The predicted molar refractivity (Wildman–Crippen MR) is 66.5 cm³/mol. The number of anilines is 1. The van der Waals surface area contributed by atoms with Crippen molar-refractivity contribution in [1.29, 1.82) is 0 Å². The summed E-state index contributed by atoms with van der Waals surface area (Å²) in [4.78, 5) is 14.6. The van der Waals surface area contributed by atoms with Gasteiger partial charge in [0.15, 0.2) is 0 Å². The molecule has 0 saturated carbocycles. The van der Waals surface area contributed by atoms with Crippen molar-refractivity contribution in [2.45, 2.75) is 19.5 Å². The molecule has 18 heavy (non-hydrogen) atoms. The Morgan fingerprint density at radius 3 is 3.06 bits per heavy atom. The lowest BCUT2D eigenvalue weighted by atomic mass is 10.2. The van der Waals surface area contributed by atoms with Crippen LogP contribution in [0.15, 0.2) is 36.8 Å². The Balaban J connectivity index is 2.00. The predicted octanol–water partition coefficient (Wildman–Crippen LogP) is 1.48. The van der Waals surface area contributed by atoms with Crippen LogP contribution in [0.25, 0.3) is 0 Å². The van der Waals surface area contributed by atoms with E-state index in [1.165, 1.54) is 12.3 Å². The van der Waals surface area contributed by atoms with Crippen LogP contribution >= 0.6 is 0 Å². The zero-order chi connectivity index (χ0) is 13.0. The Kier molecular flexibility index (Phi) is 3.57. The average Bonchev–Trinajstić information content (AvgIpc) is 2.82. The minimum absolute atomic E-state index is 0.0336. The summed E-state index contributed by atoms with van der Waals surface area (Å²) in [6.45, 7) is 2.71. The molecule has 2 N–H and O–H groups in total. The van der Waals surface area contributed by atoms with Crippen molar-refractivity contribution >= 4 is 11.7 Å². The fraction of sp³-hybridized carbons (Fsp3) is 0.250. The van der Waals surface area contributed by atoms with Crippen LogP contribution in [-0.4, -0.2) is 31.9 Å². The molecule has 0 radical (unpaired) electrons. The second kappa shape index (κ2) is 5.31. The Bertz CT molecular complexity index is 525. The van der Waals surface area contributed by atoms with Gasteiger partial charge >= 0.3 is 5.97 Å². The van der Waals surface area contributed by atoms with Crippen molar-refractivity contribution in [1.82, 2.24) is 14.8 Å². The number of pyridine rings is 1. The number of nitrogens with zero attached hydrogens (tertiary/aromatic N) is 3. The third-order valence-corrected chi connectivity index (χ3v) is 2.41. The zero-order valence-electron chi connectivity index (χ0n) is 9.95. The van der Waals surface area contributed by atoms with Gasteiger partial charge in [0.05, 0.1) is 6.54 Å². The number of nitrogens with one attached hydrogen (secondary N) is 1. The normalized spacial score (nSPS) is 12.1. The maximum atomic E-state index is 10.8. The van der Waals surface area contributed by atoms with E-state index in [4.69, 9.17) is 5.11 Å². The summed E-state index contributed by atoms with van der Waals surface area (Å²) in [6.07, 6.45) is 5.08. The lowest BCUT2D eigenvalue weighted by Crippen LogP contribution is -2.22. The van der Waals surface area contributed by atoms with Gasteiger partial charge in [-0.05, 0) is 25.1 Å². The number of hydrogen-bond acceptors (Lipinski definition) is 4. The molecule has 0 aliphatic heterocycles. The molecule has 0 aliphatic rings. The highest BCUT2D eigenvalue weighted by Gasteiger charge is 2.07. The van der Waals surface area contributed by atoms with E-state index in [1.54, 1.807) is 12.3 Å². The highest BCUT2D eigenvalue weighted by atomic mass is 16.4. The summed E-state index contributed by atoms with van der Waals surface area (Å²) in [7, 11) is 0. The van der Waals surface area contributed by atoms with Crippen LogP contribution in [0.1, 0.15) is 17.4 Å². The van der Waals surface area contributed by atoms with Crippen LogP contribution in [0.2, 0.25) is 0 Å². The van der Waals surface area contributed by atoms with Crippen molar-refractivity contribution < 1.29 is 9.90 Å². The topological polar surface area (TPSA) is 80.0 Å². The largest absolute Gasteiger partial charge is 0.477 e. The van der Waals surface area contributed by atoms with Gasteiger partial charge in [-0.25, -0.2) is 9.78 Å². The number of carbonyl (C=O) groups is 1. The first-order chi connectivity index (χ1) is 8.65. The molecule has 0 bridgehead atoms. The van der Waals surface area contributed by atoms with E-state index >= 15 is 0 Å². The molecule has 0 saturated heterocycles. The first-order valence-electron chi connectivity index (χ1n) is 5.58. The fourth-order valence-corrected chi connectivity index (χ4v) is 1.66. The second-order valence-corrected chi connectivity index (χ2v) is 4.01. The van der Waals surface area contributed by atoms with Crippen molar-refractivity contribution in [2.24, 2.45) is 0 Å². The van der Waals surface area contributed by atoms with Gasteiger partial charge in [-0.2, -0.15) is 5.10 Å². The number of carboxylic acids is 1. The minimum atomic E-state index is -1.03. The molecule has 2 heterocycles. The molecule has 0 aromatic carbocycles. The van der Waals surface area contributed by atoms with Crippen molar-refractivity contribution in [3.63, 3.8) is 0 Å². The Morgan fingerprint density at radius 2 is 2.39 bits per heavy atom. The maximum absolute atomic E-state index is 10.8. The standard InChI is InChI=1S/C12H14N4O2/c1-9(8-16-6-2-4-14-16)15-10-3-5-13-11(7-10)12(17)18/h2-7,9H,8H2,1H3,(H,13,15)(H,17,18). The van der Waals surface area contributed by atoms with Crippen molar-refractivity contribution in [3.8, 4) is 0 Å². The quantitative estimate of drug-likeness (QED) is 0.835. The van der Waals surface area contributed by atoms with E-state index in [9.17, 15) is 4.79 Å². The van der Waals surface area contributed by atoms with Gasteiger partial charge in [0, 0.05) is 30.3 Å². The number of rotatable bonds is 5. The van der Waals surface area contributed by atoms with Crippen LogP contribution in [-0.2, 0) is 6.54 Å². The first kappa shape index (κ1) is 12.1. The molecular weight excluding hydrogens is 232 g/mol. The van der Waals surface area contributed by atoms with Crippen LogP contribution in [0, 0.1) is 0 Å². The Morgan fingerprint density at radius 1 is 1.56 bits per heavy atom. The zero-order valence-corrected chi connectivity index (χ0v) is 9.95. The van der Waals surface area contributed by atoms with Crippen molar-refractivity contribution in [2.75, 3.05) is 5.32 Å². The van der Waals surface area contributed by atoms with Crippen molar-refractivity contribution in [3.05, 3.63) is 42.5 Å². The molecule has 0 amide bonds. The third kappa shape index (κ3) is 3.07. The summed E-state index contributed by atoms with van der Waals surface area (Å²) in [6, 6.07) is 5.25. The Hall–Kier alpha value is -2.37. The highest BCUT2D eigenvalue weighted by Crippen LogP contribution is 2.10. The molecule has 2 rings (SSSR count). The minimum Gasteiger partial charge on any atom is -0.477 e. The SMILES string of the molecule is CC(Cn1cccn1)Nc1ccnc(C(=O)O)c1. The van der Waals surface area contributed by atoms with Crippen LogP contribution in [0.3, 0.4) is 0 Å². The lowest BCUT2D eigenvalue weighted by Gasteiger charge is -2.15. The van der Waals surface area contributed by atoms with E-state index in [1.807, 2.05) is 23.9 Å². The van der Waals surface area contributed by atoms with E-state index in [0.29, 0.717) is 6.54 Å². The molecule has 94 valence electrons. The average molecular weight is 246 g/mol. The molecule has 1 atom stereocenters. The monoisotopic (exact) mass is 246 g/mol. The summed E-state index contributed by atoms with van der Waals surface area (Å²) >= 11 is 0. The smallest absolute Gasteiger partial charge is 0.354 e. The van der Waals surface area contributed by atoms with Gasteiger partial charge in [0.25, 0.3) is 0 Å². The summed E-state index contributed by atoms with van der Waals surface area (Å²) in [5.41, 5.74) is 0.772. The van der Waals surface area contributed by atoms with E-state index in [2.05, 4.69) is 15.4 Å². The number of hydrogen-bond donors (Lipinski definition) is 2. The second-order valence-electron chi connectivity index (χ2n) is 4.01. The summed E-state index contributed by atoms with van der Waals surface area (Å²) in [5, 5.41) is 16.2. The molecule has 0 spiro atoms. The number of carboxylic acid groups (broad SMARTS) is 1. The molecule has 6 nitrogen and oxygen atoms in total. The molecule has 2 aromatic rings. The van der Waals surface area contributed by atoms with E-state index in [0.717, 1.165) is 5.69 Å². The number of aromatic nitrogens is 3. The number of aromatic carboxylic acids is 1. The Labute approximate surface area is 104 Å². The highest BCUT2D eigenvalue weighted by molar-refractivity contribution is 5.86. The van der Waals surface area contributed by atoms with Gasteiger partial charge in [-0.15, -0.1) is 0 Å². The summed E-state index contributed by atoms with van der Waals surface area (Å²) in [5.74, 6) is -1.03. The summed E-state index contributed by atoms with van der Waals surface area (Å²) < 4.78 is 1.82. The van der Waals surface area contributed by atoms with Gasteiger partial charge in [-0.3, -0.25) is 4.68 Å².